The highest BCUT2D eigenvalue weighted by molar-refractivity contribution is 5.88. The van der Waals surface area contributed by atoms with E-state index in [0.29, 0.717) is 25.9 Å². The van der Waals surface area contributed by atoms with Crippen molar-refractivity contribution in [2.75, 3.05) is 6.61 Å². The lowest BCUT2D eigenvalue weighted by Gasteiger charge is -2.67. The quantitative estimate of drug-likeness (QED) is 0.174. The first kappa shape index (κ1) is 36.0. The summed E-state index contributed by atoms with van der Waals surface area (Å²) in [4.78, 5) is 39.2. The molecule has 5 rings (SSSR count). The summed E-state index contributed by atoms with van der Waals surface area (Å²) in [5.74, 6) is -1.32. The molecule has 0 spiro atoms. The van der Waals surface area contributed by atoms with Gasteiger partial charge in [-0.15, -0.1) is 0 Å². The van der Waals surface area contributed by atoms with Crippen molar-refractivity contribution in [3.8, 4) is 5.75 Å². The minimum absolute atomic E-state index is 0.0270. The molecule has 0 bridgehead atoms. The summed E-state index contributed by atoms with van der Waals surface area (Å²) in [5, 5.41) is 37.2. The smallest absolute Gasteiger partial charge is 0.331 e. The molecule has 4 aliphatic rings. The fourth-order valence-corrected chi connectivity index (χ4v) is 9.23. The number of carbonyl (C=O) groups is 3. The first-order valence-corrected chi connectivity index (χ1v) is 17.3. The van der Waals surface area contributed by atoms with Gasteiger partial charge in [0.25, 0.3) is 0 Å². The molecular formula is C39H52O9. The van der Waals surface area contributed by atoms with Gasteiger partial charge in [0.05, 0.1) is 12.0 Å². The van der Waals surface area contributed by atoms with Gasteiger partial charge in [-0.3, -0.25) is 4.79 Å². The SMILES string of the molecule is CCOc1cccc(/C=C/C(=O)O[C@H]2CC[C@@]3(C)C(=CC[C@]4(O)[C@@H]3C[C@@H](OC(=O)/C=C(\C)C(C)C)[C@@]3(C)[C@]4(O)CC[C@@]3(O)C(C)=O)C2)c1. The maximum Gasteiger partial charge on any atom is 0.331 e. The van der Waals surface area contributed by atoms with Crippen LogP contribution in [0, 0.1) is 22.7 Å². The van der Waals surface area contributed by atoms with Crippen molar-refractivity contribution in [1.29, 1.82) is 0 Å². The first-order valence-electron chi connectivity index (χ1n) is 17.3. The van der Waals surface area contributed by atoms with Crippen molar-refractivity contribution in [3.05, 3.63) is 59.2 Å². The van der Waals surface area contributed by atoms with Crippen LogP contribution < -0.4 is 4.74 Å². The summed E-state index contributed by atoms with van der Waals surface area (Å²) in [6.45, 7) is 13.2. The van der Waals surface area contributed by atoms with Crippen LogP contribution in [0.5, 0.6) is 5.75 Å². The molecule has 4 aliphatic carbocycles. The van der Waals surface area contributed by atoms with Crippen molar-refractivity contribution in [2.24, 2.45) is 22.7 Å². The van der Waals surface area contributed by atoms with Crippen LogP contribution >= 0.6 is 0 Å². The second kappa shape index (κ2) is 12.9. The summed E-state index contributed by atoms with van der Waals surface area (Å²) in [6, 6.07) is 7.45. The molecule has 0 heterocycles. The molecule has 0 amide bonds. The van der Waals surface area contributed by atoms with Crippen LogP contribution in [0.15, 0.2) is 53.6 Å². The van der Waals surface area contributed by atoms with Crippen molar-refractivity contribution < 1.29 is 43.9 Å². The molecule has 0 aromatic heterocycles. The third-order valence-corrected chi connectivity index (χ3v) is 12.5. The van der Waals surface area contributed by atoms with Crippen LogP contribution in [-0.2, 0) is 23.9 Å². The summed E-state index contributed by atoms with van der Waals surface area (Å²) in [7, 11) is 0. The number of Topliss-reactive ketones (excluding diaryl/α,β-unsaturated/α-hetero) is 1. The second-order valence-electron chi connectivity index (χ2n) is 15.2. The Morgan fingerprint density at radius 1 is 1.02 bits per heavy atom. The van der Waals surface area contributed by atoms with E-state index >= 15 is 0 Å². The summed E-state index contributed by atoms with van der Waals surface area (Å²) in [5.41, 5.74) is -5.25. The zero-order valence-electron chi connectivity index (χ0n) is 29.4. The van der Waals surface area contributed by atoms with Gasteiger partial charge < -0.3 is 29.5 Å². The lowest BCUT2D eigenvalue weighted by atomic mass is 9.42. The lowest BCUT2D eigenvalue weighted by molar-refractivity contribution is -0.314. The van der Waals surface area contributed by atoms with Gasteiger partial charge in [-0.2, -0.15) is 0 Å². The van der Waals surface area contributed by atoms with Gasteiger partial charge in [-0.25, -0.2) is 9.59 Å². The molecule has 0 radical (unpaired) electrons. The molecule has 8 atom stereocenters. The van der Waals surface area contributed by atoms with Crippen molar-refractivity contribution in [3.63, 3.8) is 0 Å². The number of rotatable bonds is 9. The highest BCUT2D eigenvalue weighted by Gasteiger charge is 2.81. The van der Waals surface area contributed by atoms with Crippen LogP contribution in [0.4, 0.5) is 0 Å². The molecule has 1 aromatic carbocycles. The molecule has 0 saturated heterocycles. The van der Waals surface area contributed by atoms with E-state index < -0.39 is 57.4 Å². The van der Waals surface area contributed by atoms with E-state index in [0.717, 1.165) is 22.5 Å². The van der Waals surface area contributed by atoms with E-state index in [-0.39, 0.29) is 37.7 Å². The van der Waals surface area contributed by atoms with Crippen LogP contribution in [0.3, 0.4) is 0 Å². The Balaban J connectivity index is 1.41. The van der Waals surface area contributed by atoms with Gasteiger partial charge in [-0.05, 0) is 101 Å². The molecule has 1 aromatic rings. The molecule has 0 aliphatic heterocycles. The minimum Gasteiger partial charge on any atom is -0.494 e. The number of aliphatic hydroxyl groups is 3. The summed E-state index contributed by atoms with van der Waals surface area (Å²) >= 11 is 0. The Hall–Kier alpha value is -3.27. The van der Waals surface area contributed by atoms with E-state index in [9.17, 15) is 29.7 Å². The molecule has 0 unspecified atom stereocenters. The van der Waals surface area contributed by atoms with E-state index in [1.165, 1.54) is 19.1 Å². The third-order valence-electron chi connectivity index (χ3n) is 12.5. The molecule has 48 heavy (non-hydrogen) atoms. The normalized spacial score (nSPS) is 37.7. The Labute approximate surface area is 284 Å². The van der Waals surface area contributed by atoms with Gasteiger partial charge in [0.15, 0.2) is 5.78 Å². The number of fused-ring (bicyclic) bond motifs is 5. The molecule has 3 fully saturated rings. The van der Waals surface area contributed by atoms with Crippen LogP contribution in [0.1, 0.15) is 99.0 Å². The number of hydrogen-bond donors (Lipinski definition) is 3. The average Bonchev–Trinajstić information content (AvgIpc) is 3.26. The monoisotopic (exact) mass is 664 g/mol. The fraction of sp³-hybridized carbons (Fsp3) is 0.615. The third kappa shape index (κ3) is 5.65. The topological polar surface area (TPSA) is 140 Å². The first-order chi connectivity index (χ1) is 22.4. The predicted molar refractivity (Wildman–Crippen MR) is 181 cm³/mol. The summed E-state index contributed by atoms with van der Waals surface area (Å²) < 4.78 is 17.5. The largest absolute Gasteiger partial charge is 0.494 e. The molecule has 9 nitrogen and oxygen atoms in total. The highest BCUT2D eigenvalue weighted by atomic mass is 16.6. The van der Waals surface area contributed by atoms with Gasteiger partial charge in [0.1, 0.15) is 34.8 Å². The number of allylic oxidation sites excluding steroid dienone is 1. The molecule has 3 saturated carbocycles. The Morgan fingerprint density at radius 3 is 2.42 bits per heavy atom. The number of benzene rings is 1. The minimum atomic E-state index is -2.00. The second-order valence-corrected chi connectivity index (χ2v) is 15.2. The number of ether oxygens (including phenoxy) is 3. The zero-order valence-corrected chi connectivity index (χ0v) is 29.4. The van der Waals surface area contributed by atoms with Crippen molar-refractivity contribution in [2.45, 2.75) is 122 Å². The van der Waals surface area contributed by atoms with E-state index in [1.54, 1.807) is 13.0 Å². The number of ketones is 1. The van der Waals surface area contributed by atoms with Crippen LogP contribution in [0.2, 0.25) is 0 Å². The van der Waals surface area contributed by atoms with E-state index in [4.69, 9.17) is 14.2 Å². The summed E-state index contributed by atoms with van der Waals surface area (Å²) in [6.07, 6.45) is 6.76. The fourth-order valence-electron chi connectivity index (χ4n) is 9.23. The molecular weight excluding hydrogens is 612 g/mol. The van der Waals surface area contributed by atoms with Gasteiger partial charge in [-0.1, -0.05) is 50.1 Å². The Kier molecular flexibility index (Phi) is 9.67. The van der Waals surface area contributed by atoms with Crippen molar-refractivity contribution >= 4 is 23.8 Å². The predicted octanol–water partition coefficient (Wildman–Crippen LogP) is 5.65. The van der Waals surface area contributed by atoms with Gasteiger partial charge in [0, 0.05) is 24.5 Å². The highest BCUT2D eigenvalue weighted by Crippen LogP contribution is 2.71. The molecule has 9 heteroatoms. The lowest BCUT2D eigenvalue weighted by Crippen LogP contribution is -2.78. The van der Waals surface area contributed by atoms with Crippen molar-refractivity contribution in [1.82, 2.24) is 0 Å². The van der Waals surface area contributed by atoms with E-state index in [2.05, 4.69) is 6.92 Å². The van der Waals surface area contributed by atoms with Crippen LogP contribution in [0.25, 0.3) is 6.08 Å². The zero-order chi connectivity index (χ0) is 35.3. The number of hydrogen-bond acceptors (Lipinski definition) is 9. The number of esters is 2. The standard InChI is InChI=1S/C39H52O9/c1-8-46-29-11-9-10-27(21-29)12-13-33(41)47-30-15-16-35(6)28(22-30)14-17-38(44)31(35)23-32(48-34(42)20-25(4)24(2)3)36(7)37(43,26(5)40)18-19-39(36,38)45/h9-14,20-21,24,30-32,43-45H,8,15-19,22-23H2,1-7H3/b13-12+,25-20+/t30-,31+,32+,35-,36+,37+,38-,39+/m0/s1. The molecule has 262 valence electrons. The Morgan fingerprint density at radius 2 is 1.75 bits per heavy atom. The van der Waals surface area contributed by atoms with E-state index in [1.807, 2.05) is 58.0 Å². The maximum absolute atomic E-state index is 13.3. The maximum atomic E-state index is 13.3. The Bertz CT molecular complexity index is 1540. The molecule has 3 N–H and O–H groups in total. The number of carbonyl (C=O) groups excluding carboxylic acids is 3. The van der Waals surface area contributed by atoms with Crippen LogP contribution in [-0.4, -0.2) is 68.7 Å². The average molecular weight is 665 g/mol. The van der Waals surface area contributed by atoms with Gasteiger partial charge in [0.2, 0.25) is 0 Å². The van der Waals surface area contributed by atoms with Gasteiger partial charge >= 0.3 is 11.9 Å².